The summed E-state index contributed by atoms with van der Waals surface area (Å²) >= 11 is 0. The van der Waals surface area contributed by atoms with E-state index < -0.39 is 29.2 Å². The van der Waals surface area contributed by atoms with Crippen molar-refractivity contribution >= 4 is 17.6 Å². The quantitative estimate of drug-likeness (QED) is 0.490. The van der Waals surface area contributed by atoms with E-state index in [9.17, 15) is 18.4 Å². The first-order valence-electron chi connectivity index (χ1n) is 9.92. The first-order chi connectivity index (χ1) is 15.1. The number of halogens is 2. The van der Waals surface area contributed by atoms with Gasteiger partial charge >= 0.3 is 6.09 Å². The highest BCUT2D eigenvalue weighted by Gasteiger charge is 2.22. The first kappa shape index (κ1) is 23.0. The molecule has 0 unspecified atom stereocenters. The summed E-state index contributed by atoms with van der Waals surface area (Å²) in [5.74, 6) is -1.55. The molecule has 3 aromatic rings. The highest BCUT2D eigenvalue weighted by atomic mass is 19.1. The van der Waals surface area contributed by atoms with Gasteiger partial charge in [-0.3, -0.25) is 9.20 Å². The number of nitrogens with zero attached hydrogens (tertiary/aromatic N) is 2. The van der Waals surface area contributed by atoms with E-state index in [1.807, 2.05) is 0 Å². The number of pyridine rings is 1. The van der Waals surface area contributed by atoms with Crippen LogP contribution in [0.5, 0.6) is 5.75 Å². The van der Waals surface area contributed by atoms with Crippen molar-refractivity contribution in [1.29, 1.82) is 0 Å². The average molecular weight is 446 g/mol. The Morgan fingerprint density at radius 1 is 1.19 bits per heavy atom. The number of carbonyl (C=O) groups excluding carboxylic acids is 1. The molecule has 0 fully saturated rings. The van der Waals surface area contributed by atoms with Crippen molar-refractivity contribution in [3.8, 4) is 5.75 Å². The normalized spacial score (nSPS) is 11.4. The van der Waals surface area contributed by atoms with E-state index >= 15 is 0 Å². The largest absolute Gasteiger partial charge is 0.485 e. The van der Waals surface area contributed by atoms with Crippen LogP contribution in [0.3, 0.4) is 0 Å². The lowest BCUT2D eigenvalue weighted by Crippen LogP contribution is -2.45. The van der Waals surface area contributed by atoms with Gasteiger partial charge in [-0.05, 0) is 51.5 Å². The van der Waals surface area contributed by atoms with Gasteiger partial charge in [0.2, 0.25) is 0 Å². The smallest absolute Gasteiger partial charge is 0.405 e. The number of nitrogens with one attached hydrogen (secondary N) is 2. The zero-order valence-corrected chi connectivity index (χ0v) is 17.9. The van der Waals surface area contributed by atoms with Gasteiger partial charge in [0.15, 0.2) is 11.4 Å². The molecule has 2 heterocycles. The number of amides is 2. The summed E-state index contributed by atoms with van der Waals surface area (Å²) in [6.07, 6.45) is 0.877. The minimum atomic E-state index is -1.14. The molecule has 32 heavy (non-hydrogen) atoms. The maximum absolute atomic E-state index is 13.9. The molecule has 3 rings (SSSR count). The minimum absolute atomic E-state index is 0.201. The third-order valence-electron chi connectivity index (χ3n) is 4.92. The van der Waals surface area contributed by atoms with Gasteiger partial charge in [0.1, 0.15) is 23.9 Å². The molecule has 8 nitrogen and oxygen atoms in total. The van der Waals surface area contributed by atoms with E-state index in [4.69, 9.17) is 9.84 Å². The second kappa shape index (κ2) is 9.21. The molecule has 2 aromatic heterocycles. The lowest BCUT2D eigenvalue weighted by atomic mass is 10.0. The number of rotatable bonds is 8. The van der Waals surface area contributed by atoms with Crippen LogP contribution in [0.1, 0.15) is 42.0 Å². The van der Waals surface area contributed by atoms with Crippen LogP contribution < -0.4 is 15.4 Å². The number of imidazole rings is 1. The van der Waals surface area contributed by atoms with Crippen LogP contribution in [-0.2, 0) is 6.61 Å². The summed E-state index contributed by atoms with van der Waals surface area (Å²) in [4.78, 5) is 28.0. The minimum Gasteiger partial charge on any atom is -0.485 e. The maximum Gasteiger partial charge on any atom is 0.405 e. The standard InChI is InChI=1S/C22H24F2N4O4/c1-13-18(20(29)25-10-9-22(2,3)27-21(30)31)28-11-5-8-17(19(28)26-13)32-12-14-15(23)6-4-7-16(14)24/h4-8,11,27H,9-10,12H2,1-3H3,(H,25,29)(H,30,31). The molecular weight excluding hydrogens is 422 g/mol. The average Bonchev–Trinajstić information content (AvgIpc) is 3.03. The van der Waals surface area contributed by atoms with Crippen molar-refractivity contribution in [2.75, 3.05) is 6.54 Å². The monoisotopic (exact) mass is 446 g/mol. The molecular formula is C22H24F2N4O4. The summed E-state index contributed by atoms with van der Waals surface area (Å²) in [5, 5.41) is 14.0. The molecule has 170 valence electrons. The van der Waals surface area contributed by atoms with E-state index in [0.29, 0.717) is 17.8 Å². The van der Waals surface area contributed by atoms with Crippen molar-refractivity contribution < 1.29 is 28.2 Å². The lowest BCUT2D eigenvalue weighted by molar-refractivity contribution is 0.0944. The molecule has 0 bridgehead atoms. The maximum atomic E-state index is 13.9. The molecule has 1 aromatic carbocycles. The van der Waals surface area contributed by atoms with Gasteiger partial charge in [-0.1, -0.05) is 6.07 Å². The van der Waals surface area contributed by atoms with Gasteiger partial charge in [0.05, 0.1) is 11.3 Å². The van der Waals surface area contributed by atoms with Crippen molar-refractivity contribution in [1.82, 2.24) is 20.0 Å². The van der Waals surface area contributed by atoms with E-state index in [1.165, 1.54) is 6.07 Å². The molecule has 0 atom stereocenters. The second-order valence-electron chi connectivity index (χ2n) is 7.92. The van der Waals surface area contributed by atoms with Crippen LogP contribution in [0, 0.1) is 18.6 Å². The summed E-state index contributed by atoms with van der Waals surface area (Å²) in [5.41, 5.74) is 0.148. The van der Waals surface area contributed by atoms with Crippen LogP contribution in [-0.4, -0.2) is 38.6 Å². The van der Waals surface area contributed by atoms with Crippen LogP contribution in [0.15, 0.2) is 36.5 Å². The number of aromatic nitrogens is 2. The van der Waals surface area contributed by atoms with Crippen molar-refractivity contribution in [3.63, 3.8) is 0 Å². The Labute approximate surface area is 183 Å². The number of fused-ring (bicyclic) bond motifs is 1. The summed E-state index contributed by atoms with van der Waals surface area (Å²) in [6.45, 7) is 5.00. The van der Waals surface area contributed by atoms with Crippen LogP contribution in [0.25, 0.3) is 5.65 Å². The zero-order chi connectivity index (χ0) is 23.5. The van der Waals surface area contributed by atoms with E-state index in [-0.39, 0.29) is 30.2 Å². The summed E-state index contributed by atoms with van der Waals surface area (Å²) in [6, 6.07) is 6.81. The Morgan fingerprint density at radius 3 is 2.53 bits per heavy atom. The van der Waals surface area contributed by atoms with Gasteiger partial charge in [-0.25, -0.2) is 18.6 Å². The third-order valence-corrected chi connectivity index (χ3v) is 4.92. The highest BCUT2D eigenvalue weighted by Crippen LogP contribution is 2.24. The summed E-state index contributed by atoms with van der Waals surface area (Å²) in [7, 11) is 0. The number of aryl methyl sites for hydroxylation is 1. The molecule has 0 saturated carbocycles. The Bertz CT molecular complexity index is 1140. The number of carbonyl (C=O) groups is 2. The van der Waals surface area contributed by atoms with E-state index in [0.717, 1.165) is 12.1 Å². The fourth-order valence-electron chi connectivity index (χ4n) is 3.29. The molecule has 0 spiro atoms. The number of hydrogen-bond acceptors (Lipinski definition) is 4. The van der Waals surface area contributed by atoms with E-state index in [2.05, 4.69) is 15.6 Å². The Morgan fingerprint density at radius 2 is 1.88 bits per heavy atom. The van der Waals surface area contributed by atoms with Gasteiger partial charge in [-0.15, -0.1) is 0 Å². The number of ether oxygens (including phenoxy) is 1. The van der Waals surface area contributed by atoms with Crippen LogP contribution >= 0.6 is 0 Å². The predicted octanol–water partition coefficient (Wildman–Crippen LogP) is 3.67. The van der Waals surface area contributed by atoms with Crippen LogP contribution in [0.2, 0.25) is 0 Å². The van der Waals surface area contributed by atoms with Gasteiger partial charge < -0.3 is 20.5 Å². The second-order valence-corrected chi connectivity index (χ2v) is 7.92. The zero-order valence-electron chi connectivity index (χ0n) is 17.9. The van der Waals surface area contributed by atoms with Crippen LogP contribution in [0.4, 0.5) is 13.6 Å². The fourth-order valence-corrected chi connectivity index (χ4v) is 3.29. The molecule has 0 aliphatic heterocycles. The lowest BCUT2D eigenvalue weighted by Gasteiger charge is -2.24. The molecule has 3 N–H and O–H groups in total. The molecule has 0 saturated heterocycles. The number of benzene rings is 1. The number of hydrogen-bond donors (Lipinski definition) is 3. The molecule has 0 radical (unpaired) electrons. The molecule has 0 aliphatic carbocycles. The first-order valence-corrected chi connectivity index (χ1v) is 9.92. The molecule has 10 heteroatoms. The van der Waals surface area contributed by atoms with Gasteiger partial charge in [0.25, 0.3) is 5.91 Å². The SMILES string of the molecule is Cc1nc2c(OCc3c(F)cccc3F)cccn2c1C(=O)NCCC(C)(C)NC(=O)O. The van der Waals surface area contributed by atoms with Crippen molar-refractivity contribution in [2.24, 2.45) is 0 Å². The van der Waals surface area contributed by atoms with E-state index in [1.54, 1.807) is 43.5 Å². The predicted molar refractivity (Wildman–Crippen MR) is 113 cm³/mol. The van der Waals surface area contributed by atoms with Gasteiger partial charge in [-0.2, -0.15) is 0 Å². The summed E-state index contributed by atoms with van der Waals surface area (Å²) < 4.78 is 34.9. The third kappa shape index (κ3) is 5.13. The molecule has 0 aliphatic rings. The van der Waals surface area contributed by atoms with Crippen molar-refractivity contribution in [3.05, 3.63) is 65.1 Å². The Kier molecular flexibility index (Phi) is 6.61. The number of carboxylic acid groups (broad SMARTS) is 1. The van der Waals surface area contributed by atoms with Crippen molar-refractivity contribution in [2.45, 2.75) is 39.3 Å². The van der Waals surface area contributed by atoms with Gasteiger partial charge in [0, 0.05) is 18.3 Å². The molecule has 2 amide bonds. The topological polar surface area (TPSA) is 105 Å². The Balaban J connectivity index is 1.76. The fraction of sp³-hybridized carbons (Fsp3) is 0.318. The Hall–Kier alpha value is -3.69. The highest BCUT2D eigenvalue weighted by molar-refractivity contribution is 5.95.